The zero-order valence-electron chi connectivity index (χ0n) is 12.2. The van der Waals surface area contributed by atoms with Crippen LogP contribution >= 0.6 is 11.3 Å². The number of amides is 1. The van der Waals surface area contributed by atoms with Gasteiger partial charge in [-0.05, 0) is 42.7 Å². The van der Waals surface area contributed by atoms with E-state index in [2.05, 4.69) is 11.4 Å². The fourth-order valence-electron chi connectivity index (χ4n) is 3.84. The summed E-state index contributed by atoms with van der Waals surface area (Å²) in [6, 6.07) is 2.22. The fourth-order valence-corrected chi connectivity index (χ4v) is 4.79. The molecule has 1 amide bonds. The molecule has 5 heteroatoms. The lowest BCUT2D eigenvalue weighted by molar-refractivity contribution is -0.149. The van der Waals surface area contributed by atoms with E-state index >= 15 is 0 Å². The first-order chi connectivity index (χ1) is 10.3. The van der Waals surface area contributed by atoms with Crippen LogP contribution in [0.4, 0.5) is 0 Å². The molecule has 114 valence electrons. The molecule has 3 aliphatic rings. The Hall–Kier alpha value is -0.910. The average Bonchev–Trinajstić information content (AvgIpc) is 3.19. The number of nitrogens with zero attached hydrogens (tertiary/aromatic N) is 1. The minimum Gasteiger partial charge on any atom is -0.370 e. The van der Waals surface area contributed by atoms with E-state index in [1.807, 2.05) is 16.2 Å². The van der Waals surface area contributed by atoms with E-state index in [0.717, 1.165) is 58.4 Å². The molecule has 2 saturated heterocycles. The molecule has 0 saturated carbocycles. The summed E-state index contributed by atoms with van der Waals surface area (Å²) < 4.78 is 11.7. The highest BCUT2D eigenvalue weighted by atomic mass is 32.1. The Kier molecular flexibility index (Phi) is 3.52. The normalized spacial score (nSPS) is 27.8. The Bertz CT molecular complexity index is 527. The first-order valence-electron chi connectivity index (χ1n) is 7.90. The van der Waals surface area contributed by atoms with Crippen molar-refractivity contribution in [3.8, 4) is 0 Å². The van der Waals surface area contributed by atoms with Crippen molar-refractivity contribution in [3.05, 3.63) is 21.9 Å². The number of thiophene rings is 1. The molecule has 1 aromatic heterocycles. The topological polar surface area (TPSA) is 38.8 Å². The molecular formula is C16H21NO3S. The van der Waals surface area contributed by atoms with Gasteiger partial charge in [0.1, 0.15) is 6.10 Å². The van der Waals surface area contributed by atoms with Crippen molar-refractivity contribution < 1.29 is 14.3 Å². The number of hydrogen-bond donors (Lipinski definition) is 0. The monoisotopic (exact) mass is 307 g/mol. The van der Waals surface area contributed by atoms with Crippen LogP contribution in [0.1, 0.15) is 36.1 Å². The van der Waals surface area contributed by atoms with Gasteiger partial charge in [-0.3, -0.25) is 4.79 Å². The summed E-state index contributed by atoms with van der Waals surface area (Å²) in [4.78, 5) is 15.9. The van der Waals surface area contributed by atoms with Crippen LogP contribution in [0.15, 0.2) is 11.4 Å². The van der Waals surface area contributed by atoms with E-state index in [1.165, 1.54) is 10.4 Å². The van der Waals surface area contributed by atoms with Crippen LogP contribution in [0.2, 0.25) is 0 Å². The summed E-state index contributed by atoms with van der Waals surface area (Å²) in [5.74, 6) is 0.184. The summed E-state index contributed by atoms with van der Waals surface area (Å²) >= 11 is 1.84. The molecule has 1 spiro atoms. The van der Waals surface area contributed by atoms with Crippen LogP contribution < -0.4 is 0 Å². The van der Waals surface area contributed by atoms with Crippen molar-refractivity contribution in [2.24, 2.45) is 0 Å². The van der Waals surface area contributed by atoms with Gasteiger partial charge in [0.25, 0.3) is 5.91 Å². The van der Waals surface area contributed by atoms with E-state index in [1.54, 1.807) is 0 Å². The van der Waals surface area contributed by atoms with Crippen LogP contribution in [0.25, 0.3) is 0 Å². The largest absolute Gasteiger partial charge is 0.370 e. The molecule has 4 heterocycles. The molecule has 1 aromatic rings. The van der Waals surface area contributed by atoms with Gasteiger partial charge >= 0.3 is 0 Å². The van der Waals surface area contributed by atoms with E-state index in [4.69, 9.17) is 9.47 Å². The molecule has 4 nitrogen and oxygen atoms in total. The van der Waals surface area contributed by atoms with E-state index in [0.29, 0.717) is 0 Å². The molecule has 0 aliphatic carbocycles. The van der Waals surface area contributed by atoms with Crippen molar-refractivity contribution in [3.63, 3.8) is 0 Å². The number of carbonyl (C=O) groups excluding carboxylic acids is 1. The van der Waals surface area contributed by atoms with Crippen LogP contribution in [0.5, 0.6) is 0 Å². The number of likely N-dealkylation sites (tertiary alicyclic amines) is 1. The van der Waals surface area contributed by atoms with E-state index in [-0.39, 0.29) is 17.6 Å². The van der Waals surface area contributed by atoms with Gasteiger partial charge in [-0.2, -0.15) is 0 Å². The van der Waals surface area contributed by atoms with Crippen molar-refractivity contribution in [1.29, 1.82) is 0 Å². The minimum absolute atomic E-state index is 0.138. The summed E-state index contributed by atoms with van der Waals surface area (Å²) in [5.41, 5.74) is 1.24. The summed E-state index contributed by atoms with van der Waals surface area (Å²) in [6.07, 6.45) is 4.56. The molecule has 3 aliphatic heterocycles. The van der Waals surface area contributed by atoms with Gasteiger partial charge in [0.2, 0.25) is 0 Å². The van der Waals surface area contributed by atoms with Crippen LogP contribution in [0.3, 0.4) is 0 Å². The fraction of sp³-hybridized carbons (Fsp3) is 0.688. The minimum atomic E-state index is -0.192. The predicted octanol–water partition coefficient (Wildman–Crippen LogP) is 2.32. The first kappa shape index (κ1) is 13.7. The Morgan fingerprint density at radius 2 is 2.19 bits per heavy atom. The summed E-state index contributed by atoms with van der Waals surface area (Å²) in [7, 11) is 0. The molecule has 0 N–H and O–H groups in total. The van der Waals surface area contributed by atoms with Crippen LogP contribution in [0, 0.1) is 0 Å². The highest BCUT2D eigenvalue weighted by Crippen LogP contribution is 2.43. The molecular weight excluding hydrogens is 286 g/mol. The zero-order chi connectivity index (χ0) is 14.3. The first-order valence-corrected chi connectivity index (χ1v) is 8.78. The smallest absolute Gasteiger partial charge is 0.251 e. The molecule has 4 rings (SSSR count). The SMILES string of the molecule is O=C([C@H]1CCCO1)N1CCC2(CC1)OCCc1sccc12. The molecule has 0 aromatic carbocycles. The Morgan fingerprint density at radius 3 is 2.95 bits per heavy atom. The third-order valence-electron chi connectivity index (χ3n) is 5.03. The summed E-state index contributed by atoms with van der Waals surface area (Å²) in [5, 5.41) is 2.17. The van der Waals surface area contributed by atoms with Crippen LogP contribution in [-0.4, -0.2) is 43.2 Å². The standard InChI is InChI=1S/C16H21NO3S/c18-15(13-2-1-9-19-13)17-7-5-16(6-8-17)12-4-11-21-14(12)3-10-20-16/h4,11,13H,1-3,5-10H2/t13-/m1/s1. The number of carbonyl (C=O) groups is 1. The summed E-state index contributed by atoms with van der Waals surface area (Å²) in [6.45, 7) is 3.12. The number of hydrogen-bond acceptors (Lipinski definition) is 4. The van der Waals surface area contributed by atoms with Gasteiger partial charge in [-0.25, -0.2) is 0 Å². The maximum atomic E-state index is 12.4. The van der Waals surface area contributed by atoms with Gasteiger partial charge in [0, 0.05) is 31.0 Å². The number of ether oxygens (including phenoxy) is 2. The second kappa shape index (κ2) is 5.38. The van der Waals surface area contributed by atoms with E-state index < -0.39 is 0 Å². The van der Waals surface area contributed by atoms with Crippen molar-refractivity contribution in [2.75, 3.05) is 26.3 Å². The Labute approximate surface area is 129 Å². The quantitative estimate of drug-likeness (QED) is 0.799. The molecule has 1 atom stereocenters. The van der Waals surface area contributed by atoms with Crippen molar-refractivity contribution in [1.82, 2.24) is 4.90 Å². The van der Waals surface area contributed by atoms with Gasteiger partial charge in [-0.1, -0.05) is 0 Å². The third kappa shape index (κ3) is 2.31. The number of rotatable bonds is 1. The van der Waals surface area contributed by atoms with Crippen molar-refractivity contribution in [2.45, 2.75) is 43.8 Å². The third-order valence-corrected chi connectivity index (χ3v) is 6.01. The number of piperidine rings is 1. The molecule has 21 heavy (non-hydrogen) atoms. The van der Waals surface area contributed by atoms with Gasteiger partial charge in [-0.15, -0.1) is 11.3 Å². The van der Waals surface area contributed by atoms with E-state index in [9.17, 15) is 4.79 Å². The molecule has 2 fully saturated rings. The predicted molar refractivity (Wildman–Crippen MR) is 80.4 cm³/mol. The second-order valence-corrected chi connectivity index (χ2v) is 7.18. The average molecular weight is 307 g/mol. The van der Waals surface area contributed by atoms with Crippen molar-refractivity contribution >= 4 is 17.2 Å². The number of fused-ring (bicyclic) bond motifs is 2. The van der Waals surface area contributed by atoms with Gasteiger partial charge < -0.3 is 14.4 Å². The maximum Gasteiger partial charge on any atom is 0.251 e. The second-order valence-electron chi connectivity index (χ2n) is 6.18. The van der Waals surface area contributed by atoms with Crippen LogP contribution in [-0.2, 0) is 26.3 Å². The maximum absolute atomic E-state index is 12.4. The Morgan fingerprint density at radius 1 is 1.33 bits per heavy atom. The molecule has 0 unspecified atom stereocenters. The Balaban J connectivity index is 1.47. The highest BCUT2D eigenvalue weighted by Gasteiger charge is 2.43. The zero-order valence-corrected chi connectivity index (χ0v) is 13.0. The molecule has 0 bridgehead atoms. The highest BCUT2D eigenvalue weighted by molar-refractivity contribution is 7.10. The molecule has 0 radical (unpaired) electrons. The lowest BCUT2D eigenvalue weighted by Crippen LogP contribution is -2.50. The lowest BCUT2D eigenvalue weighted by Gasteiger charge is -2.44. The van der Waals surface area contributed by atoms with Gasteiger partial charge in [0.15, 0.2) is 0 Å². The van der Waals surface area contributed by atoms with Gasteiger partial charge in [0.05, 0.1) is 12.2 Å². The lowest BCUT2D eigenvalue weighted by atomic mass is 9.82.